The van der Waals surface area contributed by atoms with Crippen molar-refractivity contribution in [2.45, 2.75) is 25.2 Å². The number of anilines is 2. The van der Waals surface area contributed by atoms with E-state index < -0.39 is 23.7 Å². The number of benzene rings is 4. The summed E-state index contributed by atoms with van der Waals surface area (Å²) in [4.78, 5) is 56.7. The third-order valence-corrected chi connectivity index (χ3v) is 9.68. The van der Waals surface area contributed by atoms with Crippen LogP contribution in [0.25, 0.3) is 0 Å². The van der Waals surface area contributed by atoms with Gasteiger partial charge < -0.3 is 14.4 Å². The second kappa shape index (κ2) is 10.4. The number of nitrogens with zero attached hydrogens (tertiary/aromatic N) is 2. The zero-order chi connectivity index (χ0) is 30.8. The largest absolute Gasteiger partial charge is 0.494 e. The van der Waals surface area contributed by atoms with Crippen LogP contribution in [-0.4, -0.2) is 36.8 Å². The molecule has 2 saturated heterocycles. The van der Waals surface area contributed by atoms with E-state index in [9.17, 15) is 19.2 Å². The summed E-state index contributed by atoms with van der Waals surface area (Å²) in [7, 11) is 0. The lowest BCUT2D eigenvalue weighted by Gasteiger charge is -2.45. The molecule has 0 saturated carbocycles. The number of carbonyl (C=O) groups is 4. The van der Waals surface area contributed by atoms with E-state index in [-0.39, 0.29) is 48.3 Å². The van der Waals surface area contributed by atoms with Crippen LogP contribution < -0.4 is 19.3 Å². The number of amides is 3. The van der Waals surface area contributed by atoms with Crippen LogP contribution in [-0.2, 0) is 19.2 Å². The van der Waals surface area contributed by atoms with Crippen LogP contribution in [0.5, 0.6) is 11.5 Å². The molecule has 2 aliphatic heterocycles. The SMILES string of the molecule is CCOc1ccc(N2C[C@H](C(=O)Oc3ccc(N4C(=O)[C@H]5C6c7ccccc7C(c7ccccc76)[C@@H]5C4=O)cc3)CC2=O)cc1. The maximum absolute atomic E-state index is 14.0. The van der Waals surface area contributed by atoms with Gasteiger partial charge in [-0.1, -0.05) is 48.5 Å². The summed E-state index contributed by atoms with van der Waals surface area (Å²) in [5, 5.41) is 0. The Morgan fingerprint density at radius 1 is 0.689 bits per heavy atom. The zero-order valence-corrected chi connectivity index (χ0v) is 24.6. The molecule has 0 unspecified atom stereocenters. The molecule has 2 bridgehead atoms. The van der Waals surface area contributed by atoms with Crippen molar-refractivity contribution in [3.63, 3.8) is 0 Å². The molecule has 0 N–H and O–H groups in total. The van der Waals surface area contributed by atoms with Crippen molar-refractivity contribution in [1.82, 2.24) is 0 Å². The molecule has 4 aromatic carbocycles. The van der Waals surface area contributed by atoms with Crippen molar-refractivity contribution in [3.05, 3.63) is 119 Å². The van der Waals surface area contributed by atoms with Gasteiger partial charge in [0.05, 0.1) is 30.0 Å². The summed E-state index contributed by atoms with van der Waals surface area (Å²) in [6.45, 7) is 2.67. The van der Waals surface area contributed by atoms with Crippen LogP contribution in [0.4, 0.5) is 11.4 Å². The van der Waals surface area contributed by atoms with E-state index in [1.807, 2.05) is 31.2 Å². The Bertz CT molecular complexity index is 1750. The topological polar surface area (TPSA) is 93.2 Å². The molecular formula is C37H30N2O6. The van der Waals surface area contributed by atoms with Gasteiger partial charge in [0.15, 0.2) is 0 Å². The summed E-state index contributed by atoms with van der Waals surface area (Å²) in [6.07, 6.45) is 0.0524. The fourth-order valence-corrected chi connectivity index (χ4v) is 7.80. The van der Waals surface area contributed by atoms with Gasteiger partial charge in [0.1, 0.15) is 11.5 Å². The van der Waals surface area contributed by atoms with Gasteiger partial charge in [-0.2, -0.15) is 0 Å². The Kier molecular flexibility index (Phi) is 6.34. The molecule has 8 nitrogen and oxygen atoms in total. The monoisotopic (exact) mass is 598 g/mol. The first kappa shape index (κ1) is 27.3. The molecule has 9 rings (SSSR count). The maximum Gasteiger partial charge on any atom is 0.316 e. The summed E-state index contributed by atoms with van der Waals surface area (Å²) < 4.78 is 11.1. The number of imide groups is 1. The smallest absolute Gasteiger partial charge is 0.316 e. The molecule has 3 aliphatic carbocycles. The summed E-state index contributed by atoms with van der Waals surface area (Å²) in [6, 6.07) is 30.0. The average molecular weight is 599 g/mol. The van der Waals surface area contributed by atoms with Gasteiger partial charge >= 0.3 is 5.97 Å². The highest BCUT2D eigenvalue weighted by Gasteiger charge is 2.61. The molecule has 0 radical (unpaired) electrons. The van der Waals surface area contributed by atoms with Crippen molar-refractivity contribution in [2.75, 3.05) is 23.0 Å². The van der Waals surface area contributed by atoms with E-state index in [0.29, 0.717) is 23.7 Å². The van der Waals surface area contributed by atoms with Crippen LogP contribution in [0.1, 0.15) is 47.4 Å². The van der Waals surface area contributed by atoms with E-state index >= 15 is 0 Å². The lowest BCUT2D eigenvalue weighted by Crippen LogP contribution is -2.41. The Labute approximate surface area is 260 Å². The lowest BCUT2D eigenvalue weighted by molar-refractivity contribution is -0.139. The van der Waals surface area contributed by atoms with Crippen molar-refractivity contribution in [1.29, 1.82) is 0 Å². The Morgan fingerprint density at radius 2 is 1.18 bits per heavy atom. The van der Waals surface area contributed by atoms with Crippen LogP contribution in [0.15, 0.2) is 97.1 Å². The Hall–Kier alpha value is -5.24. The fourth-order valence-electron chi connectivity index (χ4n) is 7.80. The molecule has 5 aliphatic rings. The number of ether oxygens (including phenoxy) is 2. The molecule has 3 atom stereocenters. The number of esters is 1. The zero-order valence-electron chi connectivity index (χ0n) is 24.6. The van der Waals surface area contributed by atoms with Crippen LogP contribution in [0, 0.1) is 17.8 Å². The molecule has 2 fully saturated rings. The van der Waals surface area contributed by atoms with Gasteiger partial charge in [-0.3, -0.25) is 19.2 Å². The van der Waals surface area contributed by atoms with E-state index in [4.69, 9.17) is 9.47 Å². The highest BCUT2D eigenvalue weighted by atomic mass is 16.5. The minimum Gasteiger partial charge on any atom is -0.494 e. The number of hydrogen-bond acceptors (Lipinski definition) is 6. The third kappa shape index (κ3) is 4.19. The van der Waals surface area contributed by atoms with Gasteiger partial charge in [0.2, 0.25) is 17.7 Å². The summed E-state index contributed by atoms with van der Waals surface area (Å²) in [5.41, 5.74) is 5.64. The summed E-state index contributed by atoms with van der Waals surface area (Å²) >= 11 is 0. The second-order valence-electron chi connectivity index (χ2n) is 12.0. The van der Waals surface area contributed by atoms with Gasteiger partial charge in [0, 0.05) is 30.5 Å². The minimum absolute atomic E-state index is 0.0524. The van der Waals surface area contributed by atoms with Crippen molar-refractivity contribution in [3.8, 4) is 11.5 Å². The first-order valence-electron chi connectivity index (χ1n) is 15.3. The molecular weight excluding hydrogens is 568 g/mol. The van der Waals surface area contributed by atoms with E-state index in [2.05, 4.69) is 24.3 Å². The van der Waals surface area contributed by atoms with Crippen molar-refractivity contribution < 1.29 is 28.7 Å². The highest BCUT2D eigenvalue weighted by Crippen LogP contribution is 2.61. The van der Waals surface area contributed by atoms with Gasteiger partial charge in [0.25, 0.3) is 0 Å². The maximum atomic E-state index is 14.0. The third-order valence-electron chi connectivity index (χ3n) is 9.68. The molecule has 45 heavy (non-hydrogen) atoms. The van der Waals surface area contributed by atoms with E-state index in [1.165, 1.54) is 4.90 Å². The number of rotatable bonds is 6. The Morgan fingerprint density at radius 3 is 1.69 bits per heavy atom. The second-order valence-corrected chi connectivity index (χ2v) is 12.0. The van der Waals surface area contributed by atoms with Crippen molar-refractivity contribution >= 4 is 35.1 Å². The predicted octanol–water partition coefficient (Wildman–Crippen LogP) is 5.44. The molecule has 2 heterocycles. The fraction of sp³-hybridized carbons (Fsp3) is 0.243. The van der Waals surface area contributed by atoms with Gasteiger partial charge in [-0.15, -0.1) is 0 Å². The van der Waals surface area contributed by atoms with E-state index in [1.54, 1.807) is 53.4 Å². The lowest BCUT2D eigenvalue weighted by atomic mass is 9.55. The number of carbonyl (C=O) groups excluding carboxylic acids is 4. The predicted molar refractivity (Wildman–Crippen MR) is 166 cm³/mol. The highest BCUT2D eigenvalue weighted by molar-refractivity contribution is 6.23. The molecule has 4 aromatic rings. The van der Waals surface area contributed by atoms with Crippen LogP contribution in [0.2, 0.25) is 0 Å². The molecule has 224 valence electrons. The first-order valence-corrected chi connectivity index (χ1v) is 15.3. The summed E-state index contributed by atoms with van der Waals surface area (Å²) in [5.74, 6) is -1.97. The first-order chi connectivity index (χ1) is 21.9. The van der Waals surface area contributed by atoms with Crippen LogP contribution >= 0.6 is 0 Å². The molecule has 0 aromatic heterocycles. The van der Waals surface area contributed by atoms with E-state index in [0.717, 1.165) is 22.3 Å². The van der Waals surface area contributed by atoms with Crippen molar-refractivity contribution in [2.24, 2.45) is 17.8 Å². The average Bonchev–Trinajstić information content (AvgIpc) is 3.59. The minimum atomic E-state index is -0.618. The normalized spacial score (nSPS) is 24.4. The molecule has 8 heteroatoms. The van der Waals surface area contributed by atoms with Gasteiger partial charge in [-0.05, 0) is 77.7 Å². The van der Waals surface area contributed by atoms with Crippen LogP contribution in [0.3, 0.4) is 0 Å². The molecule has 0 spiro atoms. The quantitative estimate of drug-likeness (QED) is 0.167. The number of hydrogen-bond donors (Lipinski definition) is 0. The Balaban J connectivity index is 0.991. The molecule has 3 amide bonds. The van der Waals surface area contributed by atoms with Gasteiger partial charge in [-0.25, -0.2) is 4.90 Å². The standard InChI is InChI=1S/C37H30N2O6/c1-2-44-24-15-11-22(12-16-24)38-20-21(19-30(38)40)37(43)45-25-17-13-23(14-18-25)39-35(41)33-31-26-7-3-4-8-27(26)32(34(33)36(39)42)29-10-6-5-9-28(29)31/h3-18,21,31-34H,2,19-20H2,1H3/t21-,31?,32?,33+,34+/m1/s1.